The molecule has 0 amide bonds. The molecule has 0 N–H and O–H groups in total. The lowest BCUT2D eigenvalue weighted by Crippen LogP contribution is -2.06. The second kappa shape index (κ2) is 10.0. The molecule has 1 aromatic heterocycles. The predicted octanol–water partition coefficient (Wildman–Crippen LogP) is 12.7. The van der Waals surface area contributed by atoms with Crippen LogP contribution in [0.15, 0.2) is 162 Å². The maximum Gasteiger partial charge on any atom is 0.136 e. The van der Waals surface area contributed by atoms with Crippen molar-refractivity contribution >= 4 is 43.5 Å². The lowest BCUT2D eigenvalue weighted by Gasteiger charge is -2.24. The fourth-order valence-corrected chi connectivity index (χ4v) is 8.19. The van der Waals surface area contributed by atoms with Gasteiger partial charge < -0.3 is 4.42 Å². The lowest BCUT2D eigenvalue weighted by molar-refractivity contribution is 0.668. The van der Waals surface area contributed by atoms with Crippen LogP contribution in [-0.2, 0) is 0 Å². The first-order valence-electron chi connectivity index (χ1n) is 16.4. The highest BCUT2D eigenvalue weighted by atomic mass is 16.3. The van der Waals surface area contributed by atoms with Crippen molar-refractivity contribution in [3.63, 3.8) is 0 Å². The molecule has 10 rings (SSSR count). The van der Waals surface area contributed by atoms with Crippen molar-refractivity contribution in [2.24, 2.45) is 0 Å². The van der Waals surface area contributed by atoms with Gasteiger partial charge in [-0.05, 0) is 114 Å². The minimum atomic E-state index is 0.0568. The zero-order chi connectivity index (χ0) is 31.1. The van der Waals surface area contributed by atoms with E-state index in [1.165, 1.54) is 88.0 Å². The van der Waals surface area contributed by atoms with E-state index in [0.717, 1.165) is 11.2 Å². The van der Waals surface area contributed by atoms with Gasteiger partial charge in [-0.1, -0.05) is 127 Å². The standard InChI is InChI=1S/C46H30O/c1-28-33-18-8-7-17-32(33)24-41(35-20-10-9-19-34(35)29-13-3-2-4-14-29)45(28)46-37-22-12-11-21-36(37)38-26-40-39-23-30-15-5-6-16-31(30)25-43(39)47-44(40)27-42(38)46/h2-27,46H,1H3. The summed E-state index contributed by atoms with van der Waals surface area (Å²) in [7, 11) is 0. The summed E-state index contributed by atoms with van der Waals surface area (Å²) in [6, 6.07) is 57.6. The molecule has 220 valence electrons. The van der Waals surface area contributed by atoms with Crippen molar-refractivity contribution in [3.05, 3.63) is 180 Å². The first-order valence-corrected chi connectivity index (χ1v) is 16.4. The summed E-state index contributed by atoms with van der Waals surface area (Å²) in [4.78, 5) is 0. The molecule has 1 unspecified atom stereocenters. The molecule has 47 heavy (non-hydrogen) atoms. The number of fused-ring (bicyclic) bond motifs is 8. The second-order valence-electron chi connectivity index (χ2n) is 12.8. The molecule has 1 aliphatic carbocycles. The average Bonchev–Trinajstić information content (AvgIpc) is 3.64. The third-order valence-electron chi connectivity index (χ3n) is 10.3. The largest absolute Gasteiger partial charge is 0.456 e. The number of rotatable bonds is 3. The van der Waals surface area contributed by atoms with E-state index < -0.39 is 0 Å². The van der Waals surface area contributed by atoms with Crippen LogP contribution in [0.5, 0.6) is 0 Å². The Balaban J connectivity index is 1.29. The highest BCUT2D eigenvalue weighted by molar-refractivity contribution is 6.12. The number of hydrogen-bond acceptors (Lipinski definition) is 1. The topological polar surface area (TPSA) is 13.1 Å². The number of hydrogen-bond donors (Lipinski definition) is 0. The van der Waals surface area contributed by atoms with Gasteiger partial charge >= 0.3 is 0 Å². The number of benzene rings is 8. The summed E-state index contributed by atoms with van der Waals surface area (Å²) in [5.74, 6) is 0.0568. The summed E-state index contributed by atoms with van der Waals surface area (Å²) >= 11 is 0. The molecule has 9 aromatic rings. The van der Waals surface area contributed by atoms with Gasteiger partial charge in [0.05, 0.1) is 0 Å². The van der Waals surface area contributed by atoms with Crippen molar-refractivity contribution in [2.75, 3.05) is 0 Å². The van der Waals surface area contributed by atoms with Crippen molar-refractivity contribution in [2.45, 2.75) is 12.8 Å². The van der Waals surface area contributed by atoms with Gasteiger partial charge in [0.1, 0.15) is 11.2 Å². The van der Waals surface area contributed by atoms with Crippen LogP contribution in [0.1, 0.15) is 28.2 Å². The zero-order valence-electron chi connectivity index (χ0n) is 26.0. The van der Waals surface area contributed by atoms with Gasteiger partial charge in [-0.2, -0.15) is 0 Å². The molecule has 1 atom stereocenters. The van der Waals surface area contributed by atoms with E-state index in [9.17, 15) is 0 Å². The third kappa shape index (κ3) is 3.90. The fraction of sp³-hybridized carbons (Fsp3) is 0.0435. The summed E-state index contributed by atoms with van der Waals surface area (Å²) in [5, 5.41) is 7.33. The van der Waals surface area contributed by atoms with Crippen LogP contribution < -0.4 is 0 Å². The Morgan fingerprint density at radius 1 is 0.404 bits per heavy atom. The monoisotopic (exact) mass is 598 g/mol. The van der Waals surface area contributed by atoms with Gasteiger partial charge in [-0.25, -0.2) is 0 Å². The molecule has 8 aromatic carbocycles. The predicted molar refractivity (Wildman–Crippen MR) is 197 cm³/mol. The van der Waals surface area contributed by atoms with Gasteiger partial charge in [-0.3, -0.25) is 0 Å². The van der Waals surface area contributed by atoms with Crippen molar-refractivity contribution in [1.82, 2.24) is 0 Å². The minimum absolute atomic E-state index is 0.0568. The Kier molecular flexibility index (Phi) is 5.62. The molecule has 0 spiro atoms. The summed E-state index contributed by atoms with van der Waals surface area (Å²) in [6.45, 7) is 2.32. The van der Waals surface area contributed by atoms with Gasteiger partial charge in [0.2, 0.25) is 0 Å². The number of aryl methyl sites for hydroxylation is 1. The van der Waals surface area contributed by atoms with Gasteiger partial charge in [-0.15, -0.1) is 0 Å². The van der Waals surface area contributed by atoms with Crippen molar-refractivity contribution in [3.8, 4) is 33.4 Å². The maximum atomic E-state index is 6.66. The first-order chi connectivity index (χ1) is 23.2. The summed E-state index contributed by atoms with van der Waals surface area (Å²) in [5.41, 5.74) is 14.8. The lowest BCUT2D eigenvalue weighted by atomic mass is 9.78. The van der Waals surface area contributed by atoms with E-state index >= 15 is 0 Å². The van der Waals surface area contributed by atoms with E-state index in [1.807, 2.05) is 0 Å². The van der Waals surface area contributed by atoms with Gasteiger partial charge in [0.15, 0.2) is 0 Å². The smallest absolute Gasteiger partial charge is 0.136 e. The van der Waals surface area contributed by atoms with Gasteiger partial charge in [0.25, 0.3) is 0 Å². The SMILES string of the molecule is Cc1c(C2c3ccccc3-c3cc4c(cc32)oc2cc3ccccc3cc24)c(-c2ccccc2-c2ccccc2)cc2ccccc12. The fourth-order valence-electron chi connectivity index (χ4n) is 8.19. The maximum absolute atomic E-state index is 6.66. The summed E-state index contributed by atoms with van der Waals surface area (Å²) < 4.78 is 6.66. The van der Waals surface area contributed by atoms with Crippen LogP contribution in [0.4, 0.5) is 0 Å². The highest BCUT2D eigenvalue weighted by Gasteiger charge is 2.34. The van der Waals surface area contributed by atoms with Crippen LogP contribution in [0.3, 0.4) is 0 Å². The molecular weight excluding hydrogens is 569 g/mol. The molecule has 1 nitrogen and oxygen atoms in total. The normalized spacial score (nSPS) is 13.9. The van der Waals surface area contributed by atoms with Crippen LogP contribution >= 0.6 is 0 Å². The van der Waals surface area contributed by atoms with Crippen LogP contribution in [-0.4, -0.2) is 0 Å². The Bertz CT molecular complexity index is 2690. The highest BCUT2D eigenvalue weighted by Crippen LogP contribution is 2.54. The first kappa shape index (κ1) is 26.3. The molecule has 0 bridgehead atoms. The Morgan fingerprint density at radius 2 is 1.02 bits per heavy atom. The third-order valence-corrected chi connectivity index (χ3v) is 10.3. The van der Waals surface area contributed by atoms with Crippen molar-refractivity contribution < 1.29 is 4.42 Å². The Hall–Kier alpha value is -5.92. The quantitative estimate of drug-likeness (QED) is 0.197. The molecule has 0 saturated heterocycles. The summed E-state index contributed by atoms with van der Waals surface area (Å²) in [6.07, 6.45) is 0. The molecule has 0 radical (unpaired) electrons. The Labute approximate surface area is 273 Å². The van der Waals surface area contributed by atoms with E-state index in [2.05, 4.69) is 165 Å². The number of furan rings is 1. The van der Waals surface area contributed by atoms with Crippen LogP contribution in [0.2, 0.25) is 0 Å². The van der Waals surface area contributed by atoms with E-state index in [4.69, 9.17) is 4.42 Å². The average molecular weight is 599 g/mol. The molecule has 1 heterocycles. The minimum Gasteiger partial charge on any atom is -0.456 e. The second-order valence-corrected chi connectivity index (χ2v) is 12.8. The molecule has 1 aliphatic rings. The zero-order valence-corrected chi connectivity index (χ0v) is 26.0. The van der Waals surface area contributed by atoms with Crippen molar-refractivity contribution in [1.29, 1.82) is 0 Å². The molecule has 0 aliphatic heterocycles. The molecule has 0 fully saturated rings. The molecule has 1 heteroatoms. The van der Waals surface area contributed by atoms with E-state index in [1.54, 1.807) is 0 Å². The Morgan fingerprint density at radius 3 is 1.85 bits per heavy atom. The molecular formula is C46H30O. The van der Waals surface area contributed by atoms with Gasteiger partial charge in [0, 0.05) is 16.7 Å². The van der Waals surface area contributed by atoms with Crippen LogP contribution in [0.25, 0.3) is 76.9 Å². The van der Waals surface area contributed by atoms with Crippen LogP contribution in [0, 0.1) is 6.92 Å². The molecule has 0 saturated carbocycles. The van der Waals surface area contributed by atoms with E-state index in [-0.39, 0.29) is 5.92 Å². The van der Waals surface area contributed by atoms with E-state index in [0.29, 0.717) is 0 Å².